The van der Waals surface area contributed by atoms with Crippen LogP contribution in [0.2, 0.25) is 0 Å². The second-order valence-electron chi connectivity index (χ2n) is 6.98. The van der Waals surface area contributed by atoms with E-state index in [-0.39, 0.29) is 18.3 Å². The number of ether oxygens (including phenoxy) is 2. The topological polar surface area (TPSA) is 95.3 Å². The summed E-state index contributed by atoms with van der Waals surface area (Å²) in [5.74, 6) is 0.856. The van der Waals surface area contributed by atoms with Crippen molar-refractivity contribution in [2.45, 2.75) is 32.5 Å². The highest BCUT2D eigenvalue weighted by atomic mass is 32.2. The minimum Gasteiger partial charge on any atom is -0.497 e. The average molecular weight is 487 g/mol. The van der Waals surface area contributed by atoms with E-state index in [2.05, 4.69) is 22.1 Å². The first-order valence-corrected chi connectivity index (χ1v) is 12.1. The standard InChI is InChI=1S/C23H26N4O4S2/c1-6-12-27-20(16-8-10-17(30-5)11-9-16)25-26-23(27)32-13-18(28)24-21-19(22(29)31-7-2)14(3)15(4)33-21/h6,8-11H,1,7,12-13H2,2-5H3,(H,24,28). The Balaban J connectivity index is 1.74. The third-order valence-corrected chi connectivity index (χ3v) is 6.92. The summed E-state index contributed by atoms with van der Waals surface area (Å²) in [7, 11) is 1.61. The first kappa shape index (κ1) is 24.5. The number of hydrogen-bond donors (Lipinski definition) is 1. The molecule has 0 aliphatic rings. The highest BCUT2D eigenvalue weighted by Crippen LogP contribution is 2.33. The molecule has 0 atom stereocenters. The van der Waals surface area contributed by atoms with Crippen LogP contribution in [0.25, 0.3) is 11.4 Å². The Labute approximate surface area is 201 Å². The van der Waals surface area contributed by atoms with E-state index in [4.69, 9.17) is 9.47 Å². The van der Waals surface area contributed by atoms with E-state index >= 15 is 0 Å². The van der Waals surface area contributed by atoms with Gasteiger partial charge in [-0.25, -0.2) is 4.79 Å². The molecule has 1 aromatic carbocycles. The van der Waals surface area contributed by atoms with Gasteiger partial charge in [0.05, 0.1) is 25.0 Å². The molecule has 2 heterocycles. The van der Waals surface area contributed by atoms with Gasteiger partial charge in [-0.15, -0.1) is 28.1 Å². The summed E-state index contributed by atoms with van der Waals surface area (Å²) < 4.78 is 12.3. The predicted molar refractivity (Wildman–Crippen MR) is 131 cm³/mol. The number of rotatable bonds is 10. The third-order valence-electron chi connectivity index (χ3n) is 4.83. The Morgan fingerprint density at radius 3 is 2.61 bits per heavy atom. The molecule has 0 fully saturated rings. The number of thiophene rings is 1. The van der Waals surface area contributed by atoms with Crippen molar-refractivity contribution in [3.05, 3.63) is 52.9 Å². The summed E-state index contributed by atoms with van der Waals surface area (Å²) in [6.07, 6.45) is 1.75. The number of allylic oxidation sites excluding steroid dienone is 1. The maximum atomic E-state index is 12.7. The normalized spacial score (nSPS) is 10.7. The summed E-state index contributed by atoms with van der Waals surface area (Å²) in [4.78, 5) is 26.0. The predicted octanol–water partition coefficient (Wildman–Crippen LogP) is 4.73. The fourth-order valence-electron chi connectivity index (χ4n) is 3.10. The van der Waals surface area contributed by atoms with Crippen LogP contribution in [0, 0.1) is 13.8 Å². The number of nitrogens with zero attached hydrogens (tertiary/aromatic N) is 3. The van der Waals surface area contributed by atoms with E-state index in [9.17, 15) is 9.59 Å². The number of esters is 1. The van der Waals surface area contributed by atoms with Gasteiger partial charge in [0.2, 0.25) is 5.91 Å². The van der Waals surface area contributed by atoms with Gasteiger partial charge in [-0.2, -0.15) is 0 Å². The van der Waals surface area contributed by atoms with Gasteiger partial charge in [-0.05, 0) is 50.6 Å². The number of aryl methyl sites for hydroxylation is 1. The molecule has 0 aliphatic heterocycles. The van der Waals surface area contributed by atoms with Crippen LogP contribution in [0.15, 0.2) is 42.1 Å². The lowest BCUT2D eigenvalue weighted by Crippen LogP contribution is -2.17. The van der Waals surface area contributed by atoms with Crippen LogP contribution in [-0.4, -0.2) is 46.1 Å². The second kappa shape index (κ2) is 11.2. The number of thioether (sulfide) groups is 1. The maximum absolute atomic E-state index is 12.7. The van der Waals surface area contributed by atoms with Crippen LogP contribution in [0.1, 0.15) is 27.7 Å². The minimum atomic E-state index is -0.433. The van der Waals surface area contributed by atoms with Gasteiger partial charge in [-0.3, -0.25) is 9.36 Å². The first-order valence-electron chi connectivity index (χ1n) is 10.3. The molecule has 3 rings (SSSR count). The SMILES string of the molecule is C=CCn1c(SCC(=O)Nc2sc(C)c(C)c2C(=O)OCC)nnc1-c1ccc(OC)cc1. The van der Waals surface area contributed by atoms with Crippen molar-refractivity contribution in [1.29, 1.82) is 0 Å². The van der Waals surface area contributed by atoms with Crippen molar-refractivity contribution < 1.29 is 19.1 Å². The van der Waals surface area contributed by atoms with Crippen molar-refractivity contribution in [3.63, 3.8) is 0 Å². The number of methoxy groups -OCH3 is 1. The molecule has 33 heavy (non-hydrogen) atoms. The van der Waals surface area contributed by atoms with E-state index in [1.165, 1.54) is 23.1 Å². The minimum absolute atomic E-state index is 0.107. The highest BCUT2D eigenvalue weighted by molar-refractivity contribution is 7.99. The summed E-state index contributed by atoms with van der Waals surface area (Å²) >= 11 is 2.63. The molecule has 2 aromatic heterocycles. The van der Waals surface area contributed by atoms with Gasteiger partial charge in [0.15, 0.2) is 11.0 Å². The summed E-state index contributed by atoms with van der Waals surface area (Å²) in [6, 6.07) is 7.52. The molecule has 174 valence electrons. The molecule has 0 aliphatic carbocycles. The van der Waals surface area contributed by atoms with Crippen molar-refractivity contribution in [1.82, 2.24) is 14.8 Å². The number of benzene rings is 1. The largest absolute Gasteiger partial charge is 0.497 e. The molecule has 0 bridgehead atoms. The summed E-state index contributed by atoms with van der Waals surface area (Å²) in [5, 5.41) is 12.5. The monoisotopic (exact) mass is 486 g/mol. The van der Waals surface area contributed by atoms with Gasteiger partial charge in [-0.1, -0.05) is 17.8 Å². The van der Waals surface area contributed by atoms with E-state index in [0.717, 1.165) is 21.8 Å². The molecule has 3 aromatic rings. The molecule has 8 nitrogen and oxygen atoms in total. The molecule has 10 heteroatoms. The number of nitrogens with one attached hydrogen (secondary N) is 1. The molecular weight excluding hydrogens is 460 g/mol. The van der Waals surface area contributed by atoms with E-state index < -0.39 is 5.97 Å². The van der Waals surface area contributed by atoms with Gasteiger partial charge in [0.1, 0.15) is 10.8 Å². The van der Waals surface area contributed by atoms with Gasteiger partial charge < -0.3 is 14.8 Å². The lowest BCUT2D eigenvalue weighted by Gasteiger charge is -2.09. The van der Waals surface area contributed by atoms with Crippen LogP contribution < -0.4 is 10.1 Å². The Morgan fingerprint density at radius 2 is 1.97 bits per heavy atom. The molecule has 0 radical (unpaired) electrons. The number of carbonyl (C=O) groups excluding carboxylic acids is 2. The van der Waals surface area contributed by atoms with E-state index in [1.807, 2.05) is 42.7 Å². The number of carbonyl (C=O) groups is 2. The fraction of sp³-hybridized carbons (Fsp3) is 0.304. The van der Waals surface area contributed by atoms with Crippen LogP contribution >= 0.6 is 23.1 Å². The molecule has 0 unspecified atom stereocenters. The maximum Gasteiger partial charge on any atom is 0.341 e. The van der Waals surface area contributed by atoms with Crippen LogP contribution in [-0.2, 0) is 16.1 Å². The molecule has 1 amide bonds. The lowest BCUT2D eigenvalue weighted by atomic mass is 10.1. The Bertz CT molecular complexity index is 1150. The number of anilines is 1. The van der Waals surface area contributed by atoms with Gasteiger partial charge in [0, 0.05) is 17.0 Å². The van der Waals surface area contributed by atoms with E-state index in [1.54, 1.807) is 20.1 Å². The Hall–Kier alpha value is -3.11. The second-order valence-corrected chi connectivity index (χ2v) is 9.15. The van der Waals surface area contributed by atoms with Crippen LogP contribution in [0.4, 0.5) is 5.00 Å². The smallest absolute Gasteiger partial charge is 0.341 e. The Kier molecular flexibility index (Phi) is 8.29. The lowest BCUT2D eigenvalue weighted by molar-refractivity contribution is -0.113. The zero-order valence-electron chi connectivity index (χ0n) is 19.0. The molecular formula is C23H26N4O4S2. The number of amides is 1. The molecule has 0 spiro atoms. The van der Waals surface area contributed by atoms with Crippen LogP contribution in [0.5, 0.6) is 5.75 Å². The molecule has 1 N–H and O–H groups in total. The van der Waals surface area contributed by atoms with Crippen molar-refractivity contribution in [2.24, 2.45) is 0 Å². The number of hydrogen-bond acceptors (Lipinski definition) is 8. The van der Waals surface area contributed by atoms with Gasteiger partial charge >= 0.3 is 5.97 Å². The Morgan fingerprint density at radius 1 is 1.24 bits per heavy atom. The van der Waals surface area contributed by atoms with Crippen molar-refractivity contribution in [2.75, 3.05) is 24.8 Å². The van der Waals surface area contributed by atoms with E-state index in [0.29, 0.717) is 28.1 Å². The average Bonchev–Trinajstić information content (AvgIpc) is 3.32. The molecule has 0 saturated carbocycles. The highest BCUT2D eigenvalue weighted by Gasteiger charge is 2.22. The summed E-state index contributed by atoms with van der Waals surface area (Å²) in [6.45, 7) is 10.1. The number of aromatic nitrogens is 3. The van der Waals surface area contributed by atoms with Gasteiger partial charge in [0.25, 0.3) is 0 Å². The zero-order chi connectivity index (χ0) is 24.0. The van der Waals surface area contributed by atoms with Crippen molar-refractivity contribution in [3.8, 4) is 17.1 Å². The van der Waals surface area contributed by atoms with Crippen LogP contribution in [0.3, 0.4) is 0 Å². The zero-order valence-corrected chi connectivity index (χ0v) is 20.6. The summed E-state index contributed by atoms with van der Waals surface area (Å²) in [5.41, 5.74) is 2.11. The molecule has 0 saturated heterocycles. The van der Waals surface area contributed by atoms with Crippen molar-refractivity contribution >= 4 is 40.0 Å². The quantitative estimate of drug-likeness (QED) is 0.252. The fourth-order valence-corrected chi connectivity index (χ4v) is 4.91. The first-order chi connectivity index (χ1) is 15.9. The third kappa shape index (κ3) is 5.63.